The van der Waals surface area contributed by atoms with Crippen molar-refractivity contribution in [2.24, 2.45) is 0 Å². The van der Waals surface area contributed by atoms with Gasteiger partial charge in [-0.25, -0.2) is 0 Å². The standard InChI is InChI=1S/C13H8/c1-3-7-12-10(5-1)9-11-6-2-4-8-13(11)12/h1-3,5,7-8H,9H2. The molecule has 3 rings (SSSR count). The first-order valence-electron chi connectivity index (χ1n) is 4.44. The molecule has 0 spiro atoms. The summed E-state index contributed by atoms with van der Waals surface area (Å²) in [6.45, 7) is 0. The molecule has 2 aromatic carbocycles. The van der Waals surface area contributed by atoms with Crippen LogP contribution >= 0.6 is 0 Å². The summed E-state index contributed by atoms with van der Waals surface area (Å²) in [6, 6.07) is 18.8. The average molecular weight is 164 g/mol. The fourth-order valence-corrected chi connectivity index (χ4v) is 1.93. The molecule has 2 aromatic rings. The van der Waals surface area contributed by atoms with Crippen molar-refractivity contribution in [1.29, 1.82) is 0 Å². The van der Waals surface area contributed by atoms with Gasteiger partial charge in [0, 0.05) is 0 Å². The van der Waals surface area contributed by atoms with E-state index in [0.29, 0.717) is 0 Å². The van der Waals surface area contributed by atoms with Crippen molar-refractivity contribution in [2.75, 3.05) is 0 Å². The zero-order valence-corrected chi connectivity index (χ0v) is 7.17. The summed E-state index contributed by atoms with van der Waals surface area (Å²) < 4.78 is 0. The molecule has 0 saturated carbocycles. The number of fused-ring (bicyclic) bond motifs is 3. The minimum Gasteiger partial charge on any atom is -0.0619 e. The number of benzene rings is 2. The smallest absolute Gasteiger partial charge is 0.000728 e. The Kier molecular flexibility index (Phi) is 1.31. The van der Waals surface area contributed by atoms with Gasteiger partial charge in [0.25, 0.3) is 0 Å². The van der Waals surface area contributed by atoms with Gasteiger partial charge in [-0.05, 0) is 52.9 Å². The van der Waals surface area contributed by atoms with Crippen LogP contribution < -0.4 is 0 Å². The maximum Gasteiger partial charge on any atom is -0.000728 e. The van der Waals surface area contributed by atoms with E-state index >= 15 is 0 Å². The molecule has 0 bridgehead atoms. The van der Waals surface area contributed by atoms with Crippen LogP contribution in [0.4, 0.5) is 0 Å². The Bertz CT molecular complexity index is 412. The van der Waals surface area contributed by atoms with E-state index in [9.17, 15) is 0 Å². The highest BCUT2D eigenvalue weighted by Gasteiger charge is 2.16. The van der Waals surface area contributed by atoms with Crippen molar-refractivity contribution in [2.45, 2.75) is 6.42 Å². The highest BCUT2D eigenvalue weighted by molar-refractivity contribution is 5.76. The highest BCUT2D eigenvalue weighted by Crippen LogP contribution is 2.35. The quantitative estimate of drug-likeness (QED) is 0.479. The lowest BCUT2D eigenvalue weighted by atomic mass is 10.1. The van der Waals surface area contributed by atoms with Crippen LogP contribution in [0.5, 0.6) is 0 Å². The largest absolute Gasteiger partial charge is 0.0619 e. The molecule has 0 heterocycles. The predicted octanol–water partition coefficient (Wildman–Crippen LogP) is 2.86. The van der Waals surface area contributed by atoms with E-state index < -0.39 is 0 Å². The van der Waals surface area contributed by atoms with Crippen molar-refractivity contribution in [3.05, 3.63) is 59.7 Å². The van der Waals surface area contributed by atoms with Crippen molar-refractivity contribution in [3.8, 4) is 11.1 Å². The van der Waals surface area contributed by atoms with Crippen LogP contribution in [0, 0.1) is 12.1 Å². The Hall–Kier alpha value is -1.56. The van der Waals surface area contributed by atoms with Crippen LogP contribution in [-0.4, -0.2) is 0 Å². The van der Waals surface area contributed by atoms with Gasteiger partial charge in [-0.1, -0.05) is 24.3 Å². The van der Waals surface area contributed by atoms with Gasteiger partial charge in [0.2, 0.25) is 0 Å². The second kappa shape index (κ2) is 2.46. The van der Waals surface area contributed by atoms with E-state index in [1.165, 1.54) is 22.3 Å². The van der Waals surface area contributed by atoms with E-state index in [1.54, 1.807) is 0 Å². The zero-order valence-electron chi connectivity index (χ0n) is 7.17. The first-order valence-corrected chi connectivity index (χ1v) is 4.44. The minimum atomic E-state index is 1.03. The van der Waals surface area contributed by atoms with E-state index in [4.69, 9.17) is 0 Å². The highest BCUT2D eigenvalue weighted by atomic mass is 14.2. The molecule has 1 aliphatic rings. The van der Waals surface area contributed by atoms with Crippen LogP contribution in [0.25, 0.3) is 11.1 Å². The van der Waals surface area contributed by atoms with Crippen LogP contribution in [0.15, 0.2) is 36.4 Å². The SMILES string of the molecule is [c]1c[c]c2c(c1)-c1ccccc1C2. The molecule has 0 heteroatoms. The van der Waals surface area contributed by atoms with Gasteiger partial charge in [0.05, 0.1) is 0 Å². The van der Waals surface area contributed by atoms with Gasteiger partial charge in [-0.2, -0.15) is 0 Å². The van der Waals surface area contributed by atoms with E-state index in [0.717, 1.165) is 6.42 Å². The Morgan fingerprint density at radius 3 is 3.00 bits per heavy atom. The van der Waals surface area contributed by atoms with Crippen LogP contribution in [0.1, 0.15) is 11.1 Å². The molecule has 60 valence electrons. The number of hydrogen-bond acceptors (Lipinski definition) is 0. The molecule has 0 aliphatic heterocycles. The lowest BCUT2D eigenvalue weighted by molar-refractivity contribution is 1.26. The third kappa shape index (κ3) is 0.919. The van der Waals surface area contributed by atoms with E-state index in [2.05, 4.69) is 42.5 Å². The fourth-order valence-electron chi connectivity index (χ4n) is 1.93. The van der Waals surface area contributed by atoms with Gasteiger partial charge in [0.15, 0.2) is 0 Å². The number of rotatable bonds is 0. The summed E-state index contributed by atoms with van der Waals surface area (Å²) in [4.78, 5) is 0. The van der Waals surface area contributed by atoms with Gasteiger partial charge < -0.3 is 0 Å². The second-order valence-corrected chi connectivity index (χ2v) is 3.33. The van der Waals surface area contributed by atoms with Crippen LogP contribution in [0.2, 0.25) is 0 Å². The monoisotopic (exact) mass is 164 g/mol. The molecule has 0 saturated heterocycles. The first-order chi connectivity index (χ1) is 6.45. The normalized spacial score (nSPS) is 12.3. The third-order valence-corrected chi connectivity index (χ3v) is 2.56. The summed E-state index contributed by atoms with van der Waals surface area (Å²) in [5.41, 5.74) is 5.37. The van der Waals surface area contributed by atoms with E-state index in [1.807, 2.05) is 6.07 Å². The lowest BCUT2D eigenvalue weighted by Gasteiger charge is -1.97. The molecule has 0 atom stereocenters. The molecular weight excluding hydrogens is 156 g/mol. The summed E-state index contributed by atoms with van der Waals surface area (Å²) in [7, 11) is 0. The van der Waals surface area contributed by atoms with Gasteiger partial charge in [0.1, 0.15) is 0 Å². The second-order valence-electron chi connectivity index (χ2n) is 3.33. The topological polar surface area (TPSA) is 0 Å². The third-order valence-electron chi connectivity index (χ3n) is 2.56. The van der Waals surface area contributed by atoms with Crippen LogP contribution in [-0.2, 0) is 6.42 Å². The Morgan fingerprint density at radius 1 is 1.08 bits per heavy atom. The molecule has 0 fully saturated rings. The van der Waals surface area contributed by atoms with Crippen molar-refractivity contribution in [1.82, 2.24) is 0 Å². The fraction of sp³-hybridized carbons (Fsp3) is 0.0769. The van der Waals surface area contributed by atoms with Crippen molar-refractivity contribution in [3.63, 3.8) is 0 Å². The van der Waals surface area contributed by atoms with Crippen LogP contribution in [0.3, 0.4) is 0 Å². The molecule has 0 N–H and O–H groups in total. The van der Waals surface area contributed by atoms with E-state index in [-0.39, 0.29) is 0 Å². The molecule has 13 heavy (non-hydrogen) atoms. The van der Waals surface area contributed by atoms with Crippen molar-refractivity contribution < 1.29 is 0 Å². The molecule has 0 unspecified atom stereocenters. The molecule has 0 aromatic heterocycles. The summed E-state index contributed by atoms with van der Waals surface area (Å²) >= 11 is 0. The lowest BCUT2D eigenvalue weighted by Crippen LogP contribution is -1.78. The molecule has 0 amide bonds. The molecule has 0 nitrogen and oxygen atoms in total. The summed E-state index contributed by atoms with van der Waals surface area (Å²) in [5, 5.41) is 0. The minimum absolute atomic E-state index is 1.03. The van der Waals surface area contributed by atoms with Gasteiger partial charge >= 0.3 is 0 Å². The zero-order chi connectivity index (χ0) is 8.67. The molecule has 1 aliphatic carbocycles. The maximum atomic E-state index is 3.24. The Morgan fingerprint density at radius 2 is 2.00 bits per heavy atom. The maximum absolute atomic E-state index is 3.24. The summed E-state index contributed by atoms with van der Waals surface area (Å²) in [6.07, 6.45) is 1.03. The van der Waals surface area contributed by atoms with Crippen molar-refractivity contribution >= 4 is 0 Å². The Balaban J connectivity index is 2.32. The molecular formula is C13H8. The average Bonchev–Trinajstić information content (AvgIpc) is 2.56. The van der Waals surface area contributed by atoms with Gasteiger partial charge in [-0.15, -0.1) is 0 Å². The van der Waals surface area contributed by atoms with Gasteiger partial charge in [-0.3, -0.25) is 0 Å². The molecule has 2 radical (unpaired) electrons. The Labute approximate surface area is 77.8 Å². The number of hydrogen-bond donors (Lipinski definition) is 0. The predicted molar refractivity (Wildman–Crippen MR) is 52.4 cm³/mol. The first kappa shape index (κ1) is 6.90. The summed E-state index contributed by atoms with van der Waals surface area (Å²) in [5.74, 6) is 0.